The maximum absolute atomic E-state index is 5.30. The summed E-state index contributed by atoms with van der Waals surface area (Å²) in [7, 11) is 5.58. The van der Waals surface area contributed by atoms with Gasteiger partial charge in [-0.2, -0.15) is 0 Å². The van der Waals surface area contributed by atoms with Gasteiger partial charge >= 0.3 is 0 Å². The van der Waals surface area contributed by atoms with Gasteiger partial charge in [-0.25, -0.2) is 0 Å². The number of methoxy groups -OCH3 is 2. The van der Waals surface area contributed by atoms with Crippen LogP contribution >= 0.6 is 0 Å². The summed E-state index contributed by atoms with van der Waals surface area (Å²) in [5, 5.41) is 0. The molecule has 0 heterocycles. The van der Waals surface area contributed by atoms with Crippen molar-refractivity contribution in [2.24, 2.45) is 0 Å². The molecule has 0 aliphatic heterocycles. The Morgan fingerprint density at radius 2 is 1.79 bits per heavy atom. The molecule has 86 valence electrons. The number of hydrogen-bond acceptors (Lipinski definition) is 3. The van der Waals surface area contributed by atoms with Crippen LogP contribution in [0.5, 0.6) is 0 Å². The second-order valence-corrected chi connectivity index (χ2v) is 4.69. The Labute approximate surface area is 88.4 Å². The average molecular weight is 203 g/mol. The van der Waals surface area contributed by atoms with Crippen LogP contribution in [0.4, 0.5) is 0 Å². The predicted molar refractivity (Wildman–Crippen MR) is 59.7 cm³/mol. The van der Waals surface area contributed by atoms with Gasteiger partial charge < -0.3 is 14.4 Å². The standard InChI is InChI=1S/C11H25NO2/c1-11(2,3)12(4)8-7-10(14-6)9-13-5/h10H,7-9H2,1-6H3. The number of nitrogens with zero attached hydrogens (tertiary/aromatic N) is 1. The van der Waals surface area contributed by atoms with Gasteiger partial charge in [0, 0.05) is 26.3 Å². The monoisotopic (exact) mass is 203 g/mol. The van der Waals surface area contributed by atoms with Crippen molar-refractivity contribution in [3.8, 4) is 0 Å². The van der Waals surface area contributed by atoms with E-state index in [0.29, 0.717) is 6.61 Å². The highest BCUT2D eigenvalue weighted by Crippen LogP contribution is 2.11. The Bertz CT molecular complexity index is 143. The molecule has 1 atom stereocenters. The van der Waals surface area contributed by atoms with Gasteiger partial charge in [0.15, 0.2) is 0 Å². The van der Waals surface area contributed by atoms with E-state index in [9.17, 15) is 0 Å². The lowest BCUT2D eigenvalue weighted by Gasteiger charge is -2.32. The second-order valence-electron chi connectivity index (χ2n) is 4.69. The molecule has 0 saturated heterocycles. The van der Waals surface area contributed by atoms with Gasteiger partial charge in [0.05, 0.1) is 12.7 Å². The van der Waals surface area contributed by atoms with Gasteiger partial charge in [-0.1, -0.05) is 0 Å². The smallest absolute Gasteiger partial charge is 0.0816 e. The molecule has 0 aliphatic carbocycles. The molecular weight excluding hydrogens is 178 g/mol. The molecule has 0 radical (unpaired) electrons. The van der Waals surface area contributed by atoms with Crippen molar-refractivity contribution in [1.29, 1.82) is 0 Å². The molecule has 0 saturated carbocycles. The number of hydrogen-bond donors (Lipinski definition) is 0. The van der Waals surface area contributed by atoms with Gasteiger partial charge in [-0.05, 0) is 34.2 Å². The van der Waals surface area contributed by atoms with E-state index in [0.717, 1.165) is 13.0 Å². The van der Waals surface area contributed by atoms with Crippen molar-refractivity contribution < 1.29 is 9.47 Å². The highest BCUT2D eigenvalue weighted by molar-refractivity contribution is 4.73. The summed E-state index contributed by atoms with van der Waals surface area (Å²) < 4.78 is 10.4. The van der Waals surface area contributed by atoms with Gasteiger partial charge in [-0.15, -0.1) is 0 Å². The summed E-state index contributed by atoms with van der Waals surface area (Å²) in [5.74, 6) is 0. The van der Waals surface area contributed by atoms with E-state index in [2.05, 4.69) is 32.7 Å². The maximum Gasteiger partial charge on any atom is 0.0816 e. The normalized spacial score (nSPS) is 14.8. The minimum Gasteiger partial charge on any atom is -0.382 e. The van der Waals surface area contributed by atoms with Crippen LogP contribution in [0, 0.1) is 0 Å². The van der Waals surface area contributed by atoms with Crippen molar-refractivity contribution >= 4 is 0 Å². The van der Waals surface area contributed by atoms with Crippen LogP contribution < -0.4 is 0 Å². The highest BCUT2D eigenvalue weighted by Gasteiger charge is 2.18. The summed E-state index contributed by atoms with van der Waals surface area (Å²) in [5.41, 5.74) is 0.228. The van der Waals surface area contributed by atoms with Gasteiger partial charge in [-0.3, -0.25) is 0 Å². The Hall–Kier alpha value is -0.120. The zero-order valence-electron chi connectivity index (χ0n) is 10.5. The van der Waals surface area contributed by atoms with Crippen LogP contribution in [-0.2, 0) is 9.47 Å². The van der Waals surface area contributed by atoms with Crippen molar-refractivity contribution in [2.75, 3.05) is 34.4 Å². The first-order chi connectivity index (χ1) is 6.41. The Kier molecular flexibility index (Phi) is 6.33. The van der Waals surface area contributed by atoms with Crippen LogP contribution in [0.2, 0.25) is 0 Å². The molecule has 0 aromatic rings. The zero-order valence-corrected chi connectivity index (χ0v) is 10.5. The fourth-order valence-electron chi connectivity index (χ4n) is 1.13. The predicted octanol–water partition coefficient (Wildman–Crippen LogP) is 1.77. The van der Waals surface area contributed by atoms with Crippen molar-refractivity contribution in [3.05, 3.63) is 0 Å². The van der Waals surface area contributed by atoms with Crippen LogP contribution in [0.15, 0.2) is 0 Å². The summed E-state index contributed by atoms with van der Waals surface area (Å²) >= 11 is 0. The lowest BCUT2D eigenvalue weighted by Crippen LogP contribution is -2.40. The number of rotatable bonds is 6. The van der Waals surface area contributed by atoms with E-state index in [4.69, 9.17) is 9.47 Å². The topological polar surface area (TPSA) is 21.7 Å². The molecule has 1 unspecified atom stereocenters. The molecule has 0 bridgehead atoms. The Morgan fingerprint density at radius 3 is 2.14 bits per heavy atom. The third-order valence-corrected chi connectivity index (χ3v) is 2.62. The third kappa shape index (κ3) is 5.58. The lowest BCUT2D eigenvalue weighted by atomic mass is 10.1. The van der Waals surface area contributed by atoms with E-state index < -0.39 is 0 Å². The molecule has 14 heavy (non-hydrogen) atoms. The van der Waals surface area contributed by atoms with Gasteiger partial charge in [0.2, 0.25) is 0 Å². The Morgan fingerprint density at radius 1 is 1.21 bits per heavy atom. The summed E-state index contributed by atoms with van der Waals surface area (Å²) in [6.07, 6.45) is 1.22. The summed E-state index contributed by atoms with van der Waals surface area (Å²) in [6, 6.07) is 0. The Balaban J connectivity index is 3.79. The largest absolute Gasteiger partial charge is 0.382 e. The number of ether oxygens (including phenoxy) is 2. The average Bonchev–Trinajstić information content (AvgIpc) is 2.10. The van der Waals surface area contributed by atoms with Gasteiger partial charge in [0.1, 0.15) is 0 Å². The summed E-state index contributed by atoms with van der Waals surface area (Å²) in [4.78, 5) is 2.33. The minimum atomic E-state index is 0.213. The molecule has 0 N–H and O–H groups in total. The van der Waals surface area contributed by atoms with Crippen molar-refractivity contribution in [1.82, 2.24) is 4.90 Å². The van der Waals surface area contributed by atoms with E-state index in [1.165, 1.54) is 0 Å². The fourth-order valence-corrected chi connectivity index (χ4v) is 1.13. The first-order valence-corrected chi connectivity index (χ1v) is 5.14. The van der Waals surface area contributed by atoms with Crippen molar-refractivity contribution in [3.63, 3.8) is 0 Å². The van der Waals surface area contributed by atoms with Crippen LogP contribution in [0.1, 0.15) is 27.2 Å². The lowest BCUT2D eigenvalue weighted by molar-refractivity contribution is 0.0138. The molecule has 3 nitrogen and oxygen atoms in total. The molecule has 0 amide bonds. The summed E-state index contributed by atoms with van der Waals surface area (Å²) in [6.45, 7) is 8.35. The van der Waals surface area contributed by atoms with E-state index in [-0.39, 0.29) is 11.6 Å². The van der Waals surface area contributed by atoms with E-state index in [1.807, 2.05) is 0 Å². The first-order valence-electron chi connectivity index (χ1n) is 5.14. The zero-order chi connectivity index (χ0) is 11.2. The molecule has 0 aliphatic rings. The van der Waals surface area contributed by atoms with Crippen LogP contribution in [0.25, 0.3) is 0 Å². The third-order valence-electron chi connectivity index (χ3n) is 2.62. The first kappa shape index (κ1) is 13.9. The quantitative estimate of drug-likeness (QED) is 0.656. The maximum atomic E-state index is 5.30. The fraction of sp³-hybridized carbons (Fsp3) is 1.00. The molecular formula is C11H25NO2. The van der Waals surface area contributed by atoms with Gasteiger partial charge in [0.25, 0.3) is 0 Å². The molecule has 0 aromatic carbocycles. The minimum absolute atomic E-state index is 0.213. The highest BCUT2D eigenvalue weighted by atomic mass is 16.5. The van der Waals surface area contributed by atoms with E-state index >= 15 is 0 Å². The van der Waals surface area contributed by atoms with E-state index in [1.54, 1.807) is 14.2 Å². The van der Waals surface area contributed by atoms with Crippen molar-refractivity contribution in [2.45, 2.75) is 38.8 Å². The molecule has 0 rings (SSSR count). The van der Waals surface area contributed by atoms with Crippen LogP contribution in [0.3, 0.4) is 0 Å². The molecule has 0 fully saturated rings. The van der Waals surface area contributed by atoms with Crippen LogP contribution in [-0.4, -0.2) is 51.0 Å². The SMILES string of the molecule is COCC(CCN(C)C(C)(C)C)OC. The molecule has 0 aromatic heterocycles. The molecule has 3 heteroatoms. The molecule has 0 spiro atoms. The second kappa shape index (κ2) is 6.38.